The highest BCUT2D eigenvalue weighted by molar-refractivity contribution is 7.90. The molecule has 0 bridgehead atoms. The lowest BCUT2D eigenvalue weighted by atomic mass is 10.0. The van der Waals surface area contributed by atoms with Gasteiger partial charge >= 0.3 is 0 Å². The van der Waals surface area contributed by atoms with E-state index in [-0.39, 0.29) is 47.2 Å². The molecule has 1 aromatic carbocycles. The summed E-state index contributed by atoms with van der Waals surface area (Å²) in [6.07, 6.45) is 5.55. The van der Waals surface area contributed by atoms with Gasteiger partial charge in [0.1, 0.15) is 41.5 Å². The van der Waals surface area contributed by atoms with Crippen LogP contribution in [0.3, 0.4) is 0 Å². The smallest absolute Gasteiger partial charge is 0.232 e. The Kier molecular flexibility index (Phi) is 11.8. The molecule has 52 heavy (non-hydrogen) atoms. The standard InChI is InChI=1S/C35H43F2N7O5SSi2/c1-47-35-29(18-25(36)20-41-35)50(45,46)21-24-10-11-39-31(28(24)19-38)26-8-9-27-32(34-40-12-13-43(34)22-48-14-16-51(2,3)4)42-44(33(27)30(26)37)23-49-15-17-52(5,6)7/h8-13,18,20H,14-17,21-23H2,1-7H3. The zero-order valence-electron chi connectivity index (χ0n) is 30.4. The van der Waals surface area contributed by atoms with Crippen molar-refractivity contribution in [3.63, 3.8) is 0 Å². The molecule has 0 aliphatic carbocycles. The average Bonchev–Trinajstić information content (AvgIpc) is 3.69. The summed E-state index contributed by atoms with van der Waals surface area (Å²) in [6, 6.07) is 9.23. The molecule has 0 atom stereocenters. The van der Waals surface area contributed by atoms with Gasteiger partial charge in [0.15, 0.2) is 21.5 Å². The van der Waals surface area contributed by atoms with Crippen molar-refractivity contribution in [1.82, 2.24) is 29.3 Å². The van der Waals surface area contributed by atoms with Crippen LogP contribution in [0.4, 0.5) is 8.78 Å². The van der Waals surface area contributed by atoms with Gasteiger partial charge in [-0.05, 0) is 41.9 Å². The topological polar surface area (TPSA) is 147 Å². The number of sulfone groups is 1. The van der Waals surface area contributed by atoms with Crippen LogP contribution in [-0.4, -0.2) is 74.2 Å². The fourth-order valence-electron chi connectivity index (χ4n) is 5.39. The molecular formula is C35H43F2N7O5SSi2. The summed E-state index contributed by atoms with van der Waals surface area (Å²) < 4.78 is 78.2. The first-order chi connectivity index (χ1) is 24.5. The van der Waals surface area contributed by atoms with Gasteiger partial charge in [-0.15, -0.1) is 0 Å². The second-order valence-electron chi connectivity index (χ2n) is 14.8. The van der Waals surface area contributed by atoms with Crippen molar-refractivity contribution in [2.45, 2.75) is 75.5 Å². The molecule has 4 aromatic heterocycles. The van der Waals surface area contributed by atoms with Crippen LogP contribution in [0.1, 0.15) is 11.1 Å². The summed E-state index contributed by atoms with van der Waals surface area (Å²) in [5, 5.41) is 15.5. The molecule has 5 rings (SSSR count). The van der Waals surface area contributed by atoms with E-state index in [9.17, 15) is 18.1 Å². The van der Waals surface area contributed by atoms with E-state index >= 15 is 4.39 Å². The molecule has 0 fully saturated rings. The fourth-order valence-corrected chi connectivity index (χ4v) is 8.41. The van der Waals surface area contributed by atoms with Gasteiger partial charge in [-0.1, -0.05) is 39.3 Å². The quantitative estimate of drug-likeness (QED) is 0.0752. The molecule has 17 heteroatoms. The summed E-state index contributed by atoms with van der Waals surface area (Å²) in [6.45, 7) is 14.8. The van der Waals surface area contributed by atoms with Crippen molar-refractivity contribution in [2.75, 3.05) is 20.3 Å². The van der Waals surface area contributed by atoms with E-state index in [1.54, 1.807) is 18.5 Å². The zero-order valence-corrected chi connectivity index (χ0v) is 33.2. The molecule has 0 aliphatic heterocycles. The van der Waals surface area contributed by atoms with E-state index < -0.39 is 48.3 Å². The number of aromatic nitrogens is 6. The Balaban J connectivity index is 1.57. The molecule has 0 spiro atoms. The van der Waals surface area contributed by atoms with Gasteiger partial charge in [0, 0.05) is 58.9 Å². The minimum atomic E-state index is -4.27. The van der Waals surface area contributed by atoms with Gasteiger partial charge in [-0.2, -0.15) is 10.4 Å². The van der Waals surface area contributed by atoms with Crippen LogP contribution < -0.4 is 4.74 Å². The maximum atomic E-state index is 16.9. The molecule has 0 amide bonds. The van der Waals surface area contributed by atoms with Crippen molar-refractivity contribution in [1.29, 1.82) is 5.26 Å². The third-order valence-electron chi connectivity index (χ3n) is 8.28. The molecule has 12 nitrogen and oxygen atoms in total. The number of methoxy groups -OCH3 is 1. The molecule has 4 heterocycles. The molecule has 0 saturated carbocycles. The van der Waals surface area contributed by atoms with Crippen molar-refractivity contribution in [2.24, 2.45) is 0 Å². The predicted octanol–water partition coefficient (Wildman–Crippen LogP) is 7.11. The molecule has 0 unspecified atom stereocenters. The van der Waals surface area contributed by atoms with E-state index in [1.807, 2.05) is 10.6 Å². The first-order valence-corrected chi connectivity index (χ1v) is 25.8. The number of hydrogen-bond donors (Lipinski definition) is 0. The number of nitrogens with zero attached hydrogens (tertiary/aromatic N) is 7. The first-order valence-electron chi connectivity index (χ1n) is 16.7. The SMILES string of the molecule is COc1ncc(F)cc1S(=O)(=O)Cc1ccnc(-c2ccc3c(-c4nccn4COCC[Si](C)(C)C)nn(COCC[Si](C)(C)C)c3c2F)c1C#N. The van der Waals surface area contributed by atoms with Crippen molar-refractivity contribution in [3.05, 3.63) is 71.8 Å². The van der Waals surface area contributed by atoms with E-state index in [0.29, 0.717) is 30.1 Å². The van der Waals surface area contributed by atoms with Gasteiger partial charge in [-0.3, -0.25) is 4.98 Å². The number of ether oxygens (including phenoxy) is 3. The Labute approximate surface area is 304 Å². The Hall–Kier alpha value is -4.35. The summed E-state index contributed by atoms with van der Waals surface area (Å²) in [5.74, 6) is -2.12. The zero-order chi connectivity index (χ0) is 37.8. The lowest BCUT2D eigenvalue weighted by Gasteiger charge is -2.16. The maximum Gasteiger partial charge on any atom is 0.232 e. The second kappa shape index (κ2) is 15.7. The highest BCUT2D eigenvalue weighted by Gasteiger charge is 2.28. The monoisotopic (exact) mass is 767 g/mol. The van der Waals surface area contributed by atoms with Crippen LogP contribution in [0.2, 0.25) is 51.4 Å². The van der Waals surface area contributed by atoms with Crippen molar-refractivity contribution >= 4 is 36.9 Å². The van der Waals surface area contributed by atoms with E-state index in [2.05, 4.69) is 54.2 Å². The number of hydrogen-bond acceptors (Lipinski definition) is 10. The van der Waals surface area contributed by atoms with E-state index in [0.717, 1.165) is 24.4 Å². The highest BCUT2D eigenvalue weighted by Crippen LogP contribution is 2.36. The van der Waals surface area contributed by atoms with Gasteiger partial charge in [0.2, 0.25) is 5.88 Å². The van der Waals surface area contributed by atoms with E-state index in [1.165, 1.54) is 30.1 Å². The third-order valence-corrected chi connectivity index (χ3v) is 13.3. The van der Waals surface area contributed by atoms with Crippen LogP contribution in [-0.2, 0) is 38.5 Å². The van der Waals surface area contributed by atoms with Gasteiger partial charge < -0.3 is 18.8 Å². The third kappa shape index (κ3) is 8.99. The Bertz CT molecular complexity index is 2230. The number of rotatable bonds is 16. The van der Waals surface area contributed by atoms with Gasteiger partial charge in [0.05, 0.1) is 30.3 Å². The average molecular weight is 768 g/mol. The number of imidazole rings is 1. The van der Waals surface area contributed by atoms with Crippen molar-refractivity contribution in [3.8, 4) is 34.7 Å². The van der Waals surface area contributed by atoms with Crippen LogP contribution in [0.15, 0.2) is 53.9 Å². The van der Waals surface area contributed by atoms with Crippen LogP contribution >= 0.6 is 0 Å². The van der Waals surface area contributed by atoms with Gasteiger partial charge in [-0.25, -0.2) is 31.8 Å². The Morgan fingerprint density at radius 3 is 2.25 bits per heavy atom. The molecule has 276 valence electrons. The minimum Gasteiger partial charge on any atom is -0.480 e. The first kappa shape index (κ1) is 38.9. The molecule has 0 radical (unpaired) electrons. The molecule has 0 saturated heterocycles. The summed E-state index contributed by atoms with van der Waals surface area (Å²) in [7, 11) is -5.77. The number of benzene rings is 1. The summed E-state index contributed by atoms with van der Waals surface area (Å²) in [5.41, 5.74) is 0.300. The largest absolute Gasteiger partial charge is 0.480 e. The minimum absolute atomic E-state index is 0.0401. The highest BCUT2D eigenvalue weighted by atomic mass is 32.2. The Morgan fingerprint density at radius 2 is 1.60 bits per heavy atom. The molecule has 5 aromatic rings. The lowest BCUT2D eigenvalue weighted by molar-refractivity contribution is 0.0812. The van der Waals surface area contributed by atoms with Crippen LogP contribution in [0.25, 0.3) is 33.7 Å². The molecular weight excluding hydrogens is 725 g/mol. The second-order valence-corrected chi connectivity index (χ2v) is 28.0. The maximum absolute atomic E-state index is 16.9. The Morgan fingerprint density at radius 1 is 0.904 bits per heavy atom. The number of fused-ring (bicyclic) bond motifs is 1. The molecule has 0 N–H and O–H groups in total. The summed E-state index contributed by atoms with van der Waals surface area (Å²) >= 11 is 0. The fraction of sp³-hybridized carbons (Fsp3) is 0.400. The number of nitriles is 1. The molecule has 0 aliphatic rings. The number of pyridine rings is 2. The number of halogens is 2. The lowest BCUT2D eigenvalue weighted by Crippen LogP contribution is -2.22. The van der Waals surface area contributed by atoms with Crippen LogP contribution in [0.5, 0.6) is 5.88 Å². The van der Waals surface area contributed by atoms with E-state index in [4.69, 9.17) is 19.3 Å². The summed E-state index contributed by atoms with van der Waals surface area (Å²) in [4.78, 5) is 12.1. The van der Waals surface area contributed by atoms with Crippen LogP contribution in [0, 0.1) is 23.0 Å². The predicted molar refractivity (Wildman–Crippen MR) is 199 cm³/mol. The van der Waals surface area contributed by atoms with Crippen molar-refractivity contribution < 1.29 is 31.4 Å². The normalized spacial score (nSPS) is 12.4. The van der Waals surface area contributed by atoms with Gasteiger partial charge in [0.25, 0.3) is 0 Å².